The molecule has 1 aromatic rings. The summed E-state index contributed by atoms with van der Waals surface area (Å²) < 4.78 is 0. The number of nitro groups is 1. The molecule has 0 spiro atoms. The van der Waals surface area contributed by atoms with Crippen molar-refractivity contribution < 1.29 is 9.72 Å². The lowest BCUT2D eigenvalue weighted by Crippen LogP contribution is -2.26. The third-order valence-electron chi connectivity index (χ3n) is 2.88. The highest BCUT2D eigenvalue weighted by Crippen LogP contribution is 2.12. The fourth-order valence-electron chi connectivity index (χ4n) is 1.72. The Bertz CT molecular complexity index is 644. The van der Waals surface area contributed by atoms with E-state index in [-0.39, 0.29) is 23.4 Å². The summed E-state index contributed by atoms with van der Waals surface area (Å²) in [6.07, 6.45) is 3.69. The average molecular weight is 314 g/mol. The molecule has 0 saturated heterocycles. The fraction of sp³-hybridized carbons (Fsp3) is 0.389. The second-order valence-corrected chi connectivity index (χ2v) is 6.35. The minimum absolute atomic E-state index is 0.0183. The number of nitrogens with zero attached hydrogens (tertiary/aromatic N) is 2. The largest absolute Gasteiger partial charge is 0.295 e. The smallest absolute Gasteiger partial charge is 0.269 e. The highest BCUT2D eigenvalue weighted by Gasteiger charge is 2.11. The maximum absolute atomic E-state index is 12.1. The van der Waals surface area contributed by atoms with Gasteiger partial charge in [0.05, 0.1) is 11.5 Å². The molecule has 0 unspecified atom stereocenters. The SMILES string of the molecule is CN(C/C=C/C#CC(C)(C)C)CC(=O)c1ccc([N+](=O)[O-])cc1. The van der Waals surface area contributed by atoms with Crippen LogP contribution >= 0.6 is 0 Å². The van der Waals surface area contributed by atoms with Crippen LogP contribution in [0.3, 0.4) is 0 Å². The van der Waals surface area contributed by atoms with E-state index in [0.717, 1.165) is 0 Å². The molecule has 23 heavy (non-hydrogen) atoms. The predicted molar refractivity (Wildman–Crippen MR) is 91.3 cm³/mol. The molecule has 0 aliphatic rings. The fourth-order valence-corrected chi connectivity index (χ4v) is 1.72. The summed E-state index contributed by atoms with van der Waals surface area (Å²) in [4.78, 5) is 24.1. The lowest BCUT2D eigenvalue weighted by Gasteiger charge is -2.12. The number of carbonyl (C=O) groups is 1. The molecule has 0 fully saturated rings. The second-order valence-electron chi connectivity index (χ2n) is 6.35. The quantitative estimate of drug-likeness (QED) is 0.350. The Morgan fingerprint density at radius 3 is 2.43 bits per heavy atom. The maximum Gasteiger partial charge on any atom is 0.269 e. The molecule has 0 radical (unpaired) electrons. The van der Waals surface area contributed by atoms with E-state index in [1.165, 1.54) is 24.3 Å². The summed E-state index contributed by atoms with van der Waals surface area (Å²) in [6, 6.07) is 5.66. The molecule has 0 aliphatic heterocycles. The Hall–Kier alpha value is -2.45. The van der Waals surface area contributed by atoms with Crippen LogP contribution in [0.4, 0.5) is 5.69 Å². The van der Waals surface area contributed by atoms with Gasteiger partial charge in [0.2, 0.25) is 0 Å². The van der Waals surface area contributed by atoms with Crippen molar-refractivity contribution in [2.75, 3.05) is 20.1 Å². The minimum Gasteiger partial charge on any atom is -0.295 e. The van der Waals surface area contributed by atoms with Crippen LogP contribution in [0, 0.1) is 27.4 Å². The van der Waals surface area contributed by atoms with Crippen molar-refractivity contribution in [1.82, 2.24) is 4.90 Å². The van der Waals surface area contributed by atoms with Crippen molar-refractivity contribution in [3.8, 4) is 11.8 Å². The zero-order chi connectivity index (χ0) is 17.5. The first kappa shape index (κ1) is 18.6. The van der Waals surface area contributed by atoms with Gasteiger partial charge >= 0.3 is 0 Å². The van der Waals surface area contributed by atoms with E-state index in [2.05, 4.69) is 11.8 Å². The molecule has 122 valence electrons. The number of ketones is 1. The third-order valence-corrected chi connectivity index (χ3v) is 2.88. The van der Waals surface area contributed by atoms with Crippen LogP contribution in [-0.2, 0) is 0 Å². The van der Waals surface area contributed by atoms with Gasteiger partial charge in [-0.15, -0.1) is 0 Å². The van der Waals surface area contributed by atoms with E-state index in [9.17, 15) is 14.9 Å². The lowest BCUT2D eigenvalue weighted by molar-refractivity contribution is -0.384. The maximum atomic E-state index is 12.1. The van der Waals surface area contributed by atoms with Crippen molar-refractivity contribution in [2.45, 2.75) is 20.8 Å². The number of carbonyl (C=O) groups excluding carboxylic acids is 1. The Morgan fingerprint density at radius 2 is 1.91 bits per heavy atom. The van der Waals surface area contributed by atoms with Crippen LogP contribution in [0.15, 0.2) is 36.4 Å². The molecular weight excluding hydrogens is 292 g/mol. The van der Waals surface area contributed by atoms with Gasteiger partial charge in [0.15, 0.2) is 5.78 Å². The molecule has 0 saturated carbocycles. The molecule has 1 aromatic carbocycles. The number of hydrogen-bond donors (Lipinski definition) is 0. The van der Waals surface area contributed by atoms with Crippen LogP contribution in [0.1, 0.15) is 31.1 Å². The van der Waals surface area contributed by atoms with Crippen LogP contribution in [-0.4, -0.2) is 35.7 Å². The molecule has 0 atom stereocenters. The van der Waals surface area contributed by atoms with Crippen LogP contribution in [0.5, 0.6) is 0 Å². The standard InChI is InChI=1S/C18H22N2O3/c1-18(2,3)12-6-5-7-13-19(4)14-17(21)15-8-10-16(11-9-15)20(22)23/h5,7-11H,13-14H2,1-4H3/b7-5+. The number of likely N-dealkylation sites (N-methyl/N-ethyl adjacent to an activating group) is 1. The van der Waals surface area contributed by atoms with Gasteiger partial charge in [0.25, 0.3) is 5.69 Å². The summed E-state index contributed by atoms with van der Waals surface area (Å²) in [7, 11) is 1.84. The van der Waals surface area contributed by atoms with Crippen molar-refractivity contribution in [3.63, 3.8) is 0 Å². The Labute approximate surface area is 137 Å². The van der Waals surface area contributed by atoms with Gasteiger partial charge in [-0.2, -0.15) is 0 Å². The van der Waals surface area contributed by atoms with Gasteiger partial charge in [-0.1, -0.05) is 17.9 Å². The van der Waals surface area contributed by atoms with Gasteiger partial charge in [-0.05, 0) is 46.0 Å². The zero-order valence-electron chi connectivity index (χ0n) is 14.0. The van der Waals surface area contributed by atoms with Gasteiger partial charge in [0.1, 0.15) is 0 Å². The molecule has 0 amide bonds. The van der Waals surface area contributed by atoms with E-state index in [1.54, 1.807) is 6.08 Å². The average Bonchev–Trinajstić information content (AvgIpc) is 2.45. The third kappa shape index (κ3) is 7.39. The summed E-state index contributed by atoms with van der Waals surface area (Å²) in [5.41, 5.74) is 0.427. The van der Waals surface area contributed by atoms with Gasteiger partial charge < -0.3 is 0 Å². The molecule has 5 nitrogen and oxygen atoms in total. The van der Waals surface area contributed by atoms with Crippen molar-refractivity contribution >= 4 is 11.5 Å². The zero-order valence-corrected chi connectivity index (χ0v) is 14.0. The number of Topliss-reactive ketones (excluding diaryl/α,β-unsaturated/α-hetero) is 1. The Balaban J connectivity index is 2.51. The monoisotopic (exact) mass is 314 g/mol. The van der Waals surface area contributed by atoms with Gasteiger partial charge in [-0.3, -0.25) is 19.8 Å². The first-order valence-corrected chi connectivity index (χ1v) is 7.33. The normalized spacial score (nSPS) is 11.3. The summed E-state index contributed by atoms with van der Waals surface area (Å²) >= 11 is 0. The van der Waals surface area contributed by atoms with E-state index >= 15 is 0 Å². The number of nitro benzene ring substituents is 1. The van der Waals surface area contributed by atoms with E-state index in [4.69, 9.17) is 0 Å². The second kappa shape index (κ2) is 8.25. The van der Waals surface area contributed by atoms with E-state index in [0.29, 0.717) is 12.1 Å². The number of non-ortho nitro benzene ring substituents is 1. The van der Waals surface area contributed by atoms with Crippen molar-refractivity contribution in [2.24, 2.45) is 5.41 Å². The van der Waals surface area contributed by atoms with Crippen LogP contribution < -0.4 is 0 Å². The first-order chi connectivity index (χ1) is 10.7. The Morgan fingerprint density at radius 1 is 1.30 bits per heavy atom. The van der Waals surface area contributed by atoms with Crippen LogP contribution in [0.25, 0.3) is 0 Å². The summed E-state index contributed by atoms with van der Waals surface area (Å²) in [5, 5.41) is 10.6. The van der Waals surface area contributed by atoms with E-state index < -0.39 is 4.92 Å². The minimum atomic E-state index is -0.482. The first-order valence-electron chi connectivity index (χ1n) is 7.33. The summed E-state index contributed by atoms with van der Waals surface area (Å²) in [6.45, 7) is 6.99. The van der Waals surface area contributed by atoms with Gasteiger partial charge in [-0.25, -0.2) is 0 Å². The number of rotatable bonds is 6. The highest BCUT2D eigenvalue weighted by molar-refractivity contribution is 5.97. The predicted octanol–water partition coefficient (Wildman–Crippen LogP) is 3.32. The molecule has 0 aliphatic carbocycles. The topological polar surface area (TPSA) is 63.5 Å². The van der Waals surface area contributed by atoms with E-state index in [1.807, 2.05) is 38.8 Å². The van der Waals surface area contributed by atoms with Gasteiger partial charge in [0, 0.05) is 29.7 Å². The van der Waals surface area contributed by atoms with Crippen molar-refractivity contribution in [3.05, 3.63) is 52.1 Å². The molecular formula is C18H22N2O3. The van der Waals surface area contributed by atoms with Crippen LogP contribution in [0.2, 0.25) is 0 Å². The van der Waals surface area contributed by atoms with Crippen molar-refractivity contribution in [1.29, 1.82) is 0 Å². The number of allylic oxidation sites excluding steroid dienone is 1. The number of benzene rings is 1. The molecule has 0 heterocycles. The molecule has 0 bridgehead atoms. The molecule has 0 N–H and O–H groups in total. The Kier molecular flexibility index (Phi) is 6.67. The molecule has 0 aromatic heterocycles. The lowest BCUT2D eigenvalue weighted by atomic mass is 9.98. The molecule has 1 rings (SSSR count). The summed E-state index contributed by atoms with van der Waals surface area (Å²) in [5.74, 6) is 6.00. The highest BCUT2D eigenvalue weighted by atomic mass is 16.6. The molecule has 5 heteroatoms. The number of hydrogen-bond acceptors (Lipinski definition) is 4.